The molecule has 0 heterocycles. The van der Waals surface area contributed by atoms with Gasteiger partial charge in [0, 0.05) is 6.54 Å². The zero-order chi connectivity index (χ0) is 12.0. The Labute approximate surface area is 95.3 Å². The van der Waals surface area contributed by atoms with E-state index in [1.165, 1.54) is 7.05 Å². The zero-order valence-electron chi connectivity index (χ0n) is 9.71. The summed E-state index contributed by atoms with van der Waals surface area (Å²) in [5.41, 5.74) is 1.05. The molecule has 1 aromatic rings. The third-order valence-electron chi connectivity index (χ3n) is 2.23. The molecule has 0 saturated heterocycles. The molecule has 0 radical (unpaired) electrons. The minimum absolute atomic E-state index is 0.233. The van der Waals surface area contributed by atoms with E-state index in [4.69, 9.17) is 0 Å². The molecule has 4 heteroatoms. The first-order chi connectivity index (χ1) is 7.53. The molecule has 16 heavy (non-hydrogen) atoms. The van der Waals surface area contributed by atoms with Crippen LogP contribution in [0.3, 0.4) is 0 Å². The topological polar surface area (TPSA) is 15.3 Å². The Morgan fingerprint density at radius 2 is 1.88 bits per heavy atom. The van der Waals surface area contributed by atoms with Gasteiger partial charge < -0.3 is 5.32 Å². The molecule has 0 aliphatic heterocycles. The van der Waals surface area contributed by atoms with Crippen molar-refractivity contribution in [2.24, 2.45) is 0 Å². The molecule has 0 fully saturated rings. The maximum absolute atomic E-state index is 13.3. The first kappa shape index (κ1) is 13.1. The molecule has 0 amide bonds. The number of halogens is 2. The van der Waals surface area contributed by atoms with Crippen molar-refractivity contribution in [2.75, 3.05) is 27.2 Å². The molecule has 1 aromatic carbocycles. The molecular formula is C12H18F2N2. The number of rotatable bonds is 6. The van der Waals surface area contributed by atoms with Gasteiger partial charge in [0.25, 0.3) is 5.92 Å². The van der Waals surface area contributed by atoms with Crippen LogP contribution in [0.2, 0.25) is 0 Å². The van der Waals surface area contributed by atoms with E-state index in [1.807, 2.05) is 30.3 Å². The van der Waals surface area contributed by atoms with E-state index in [0.29, 0.717) is 6.54 Å². The van der Waals surface area contributed by atoms with Crippen molar-refractivity contribution in [3.05, 3.63) is 35.9 Å². The van der Waals surface area contributed by atoms with Gasteiger partial charge in [0.1, 0.15) is 0 Å². The Bertz CT molecular complexity index is 301. The summed E-state index contributed by atoms with van der Waals surface area (Å²) in [6.45, 7) is 0.0228. The van der Waals surface area contributed by atoms with E-state index in [9.17, 15) is 8.78 Å². The number of hydrogen-bond acceptors (Lipinski definition) is 2. The van der Waals surface area contributed by atoms with Crippen molar-refractivity contribution in [1.29, 1.82) is 0 Å². The lowest BCUT2D eigenvalue weighted by Gasteiger charge is -2.23. The lowest BCUT2D eigenvalue weighted by Crippen LogP contribution is -2.40. The Morgan fingerprint density at radius 1 is 1.25 bits per heavy atom. The molecule has 0 aliphatic carbocycles. The fraction of sp³-hybridized carbons (Fsp3) is 0.500. The standard InChI is InChI=1S/C12H18F2N2/c1-15-9-12(13,14)10-16(2)8-11-6-4-3-5-7-11/h3-7,15H,8-10H2,1-2H3. The normalized spacial score (nSPS) is 12.1. The third kappa shape index (κ3) is 4.68. The van der Waals surface area contributed by atoms with Gasteiger partial charge in [-0.15, -0.1) is 0 Å². The minimum Gasteiger partial charge on any atom is -0.314 e. The number of nitrogens with zero attached hydrogens (tertiary/aromatic N) is 1. The second-order valence-corrected chi connectivity index (χ2v) is 4.04. The molecule has 2 nitrogen and oxygen atoms in total. The quantitative estimate of drug-likeness (QED) is 0.801. The van der Waals surface area contributed by atoms with E-state index in [2.05, 4.69) is 5.32 Å². The summed E-state index contributed by atoms with van der Waals surface area (Å²) in [7, 11) is 3.24. The Balaban J connectivity index is 2.44. The van der Waals surface area contributed by atoms with Crippen molar-refractivity contribution >= 4 is 0 Å². The predicted octanol–water partition coefficient (Wildman–Crippen LogP) is 1.97. The minimum atomic E-state index is -2.68. The van der Waals surface area contributed by atoms with Crippen molar-refractivity contribution in [3.8, 4) is 0 Å². The van der Waals surface area contributed by atoms with Crippen molar-refractivity contribution < 1.29 is 8.78 Å². The van der Waals surface area contributed by atoms with Crippen LogP contribution in [0.15, 0.2) is 30.3 Å². The van der Waals surface area contributed by atoms with Crippen LogP contribution in [-0.4, -0.2) is 38.0 Å². The van der Waals surface area contributed by atoms with E-state index in [1.54, 1.807) is 11.9 Å². The number of alkyl halides is 2. The summed E-state index contributed by atoms with van der Waals surface area (Å²) in [4.78, 5) is 1.63. The molecule has 0 atom stereocenters. The molecule has 0 bridgehead atoms. The summed E-state index contributed by atoms with van der Waals surface area (Å²) in [6, 6.07) is 9.61. The summed E-state index contributed by atoms with van der Waals surface area (Å²) in [5.74, 6) is -2.68. The maximum atomic E-state index is 13.3. The van der Waals surface area contributed by atoms with E-state index >= 15 is 0 Å². The van der Waals surface area contributed by atoms with Gasteiger partial charge in [-0.25, -0.2) is 8.78 Å². The van der Waals surface area contributed by atoms with Crippen molar-refractivity contribution in [3.63, 3.8) is 0 Å². The van der Waals surface area contributed by atoms with Gasteiger partial charge in [0.05, 0.1) is 13.1 Å². The van der Waals surface area contributed by atoms with Crippen LogP contribution < -0.4 is 5.32 Å². The zero-order valence-corrected chi connectivity index (χ0v) is 9.71. The molecule has 0 saturated carbocycles. The predicted molar refractivity (Wildman–Crippen MR) is 61.6 cm³/mol. The Kier molecular flexibility index (Phi) is 4.83. The lowest BCUT2D eigenvalue weighted by atomic mass is 10.2. The molecule has 1 N–H and O–H groups in total. The van der Waals surface area contributed by atoms with Gasteiger partial charge in [0.15, 0.2) is 0 Å². The molecule has 0 unspecified atom stereocenters. The third-order valence-corrected chi connectivity index (χ3v) is 2.23. The average molecular weight is 228 g/mol. The molecule has 0 aromatic heterocycles. The second-order valence-electron chi connectivity index (χ2n) is 4.04. The van der Waals surface area contributed by atoms with Gasteiger partial charge >= 0.3 is 0 Å². The van der Waals surface area contributed by atoms with E-state index in [0.717, 1.165) is 5.56 Å². The first-order valence-corrected chi connectivity index (χ1v) is 5.28. The van der Waals surface area contributed by atoms with Gasteiger partial charge in [-0.3, -0.25) is 4.90 Å². The fourth-order valence-electron chi connectivity index (χ4n) is 1.66. The smallest absolute Gasteiger partial charge is 0.272 e. The Morgan fingerprint density at radius 3 is 2.44 bits per heavy atom. The van der Waals surface area contributed by atoms with Gasteiger partial charge in [-0.1, -0.05) is 30.3 Å². The highest BCUT2D eigenvalue weighted by atomic mass is 19.3. The van der Waals surface area contributed by atoms with Gasteiger partial charge in [-0.2, -0.15) is 0 Å². The van der Waals surface area contributed by atoms with Crippen molar-refractivity contribution in [2.45, 2.75) is 12.5 Å². The van der Waals surface area contributed by atoms with Crippen LogP contribution in [0.1, 0.15) is 5.56 Å². The number of benzene rings is 1. The summed E-state index contributed by atoms with van der Waals surface area (Å²) in [5, 5.41) is 2.50. The van der Waals surface area contributed by atoms with Crippen LogP contribution in [0.25, 0.3) is 0 Å². The van der Waals surface area contributed by atoms with E-state index in [-0.39, 0.29) is 13.1 Å². The highest BCUT2D eigenvalue weighted by Crippen LogP contribution is 2.14. The second kappa shape index (κ2) is 5.92. The Hall–Kier alpha value is -1.00. The highest BCUT2D eigenvalue weighted by Gasteiger charge is 2.29. The van der Waals surface area contributed by atoms with Crippen LogP contribution >= 0.6 is 0 Å². The van der Waals surface area contributed by atoms with Gasteiger partial charge in [0.2, 0.25) is 0 Å². The van der Waals surface area contributed by atoms with Gasteiger partial charge in [-0.05, 0) is 19.7 Å². The summed E-state index contributed by atoms with van der Waals surface area (Å²) < 4.78 is 26.5. The average Bonchev–Trinajstić information content (AvgIpc) is 2.17. The van der Waals surface area contributed by atoms with Crippen LogP contribution in [0.5, 0.6) is 0 Å². The molecule has 1 rings (SSSR count). The number of nitrogens with one attached hydrogen (secondary N) is 1. The SMILES string of the molecule is CNCC(F)(F)CN(C)Cc1ccccc1. The molecule has 90 valence electrons. The summed E-state index contributed by atoms with van der Waals surface area (Å²) >= 11 is 0. The van der Waals surface area contributed by atoms with Crippen LogP contribution in [-0.2, 0) is 6.54 Å². The fourth-order valence-corrected chi connectivity index (χ4v) is 1.66. The monoisotopic (exact) mass is 228 g/mol. The maximum Gasteiger partial charge on any atom is 0.272 e. The molecule has 0 spiro atoms. The highest BCUT2D eigenvalue weighted by molar-refractivity contribution is 5.14. The van der Waals surface area contributed by atoms with E-state index < -0.39 is 5.92 Å². The summed E-state index contributed by atoms with van der Waals surface area (Å²) in [6.07, 6.45) is 0. The largest absolute Gasteiger partial charge is 0.314 e. The van der Waals surface area contributed by atoms with Crippen LogP contribution in [0, 0.1) is 0 Å². The number of hydrogen-bond donors (Lipinski definition) is 1. The molecule has 0 aliphatic rings. The molecular weight excluding hydrogens is 210 g/mol. The lowest BCUT2D eigenvalue weighted by molar-refractivity contribution is -0.0249. The first-order valence-electron chi connectivity index (χ1n) is 5.28. The van der Waals surface area contributed by atoms with Crippen molar-refractivity contribution in [1.82, 2.24) is 10.2 Å². The van der Waals surface area contributed by atoms with Crippen LogP contribution in [0.4, 0.5) is 8.78 Å².